The summed E-state index contributed by atoms with van der Waals surface area (Å²) in [7, 11) is 0. The summed E-state index contributed by atoms with van der Waals surface area (Å²) in [6, 6.07) is 6.97. The number of β-lactam (4-membered cyclic amide) rings is 1. The van der Waals surface area contributed by atoms with Crippen molar-refractivity contribution in [2.45, 2.75) is 25.5 Å². The average Bonchev–Trinajstić information content (AvgIpc) is 2.73. The maximum atomic E-state index is 12.1. The van der Waals surface area contributed by atoms with Gasteiger partial charge in [0.1, 0.15) is 0 Å². The Morgan fingerprint density at radius 1 is 1.50 bits per heavy atom. The molecule has 2 aliphatic rings. The van der Waals surface area contributed by atoms with Crippen LogP contribution in [-0.2, 0) is 9.59 Å². The number of carboxylic acids is 1. The second kappa shape index (κ2) is 6.45. The van der Waals surface area contributed by atoms with Crippen LogP contribution in [0.25, 0.3) is 5.57 Å². The summed E-state index contributed by atoms with van der Waals surface area (Å²) in [5.41, 5.74) is 1.26. The molecule has 1 amide bonds. The first-order chi connectivity index (χ1) is 9.91. The smallest absolute Gasteiger partial charge is 0.543 e. The molecule has 0 bridgehead atoms. The number of carboxylic acid groups (broad SMARTS) is 1. The van der Waals surface area contributed by atoms with Crippen LogP contribution in [0.3, 0.4) is 0 Å². The number of halogens is 1. The Hall–Kier alpha value is -0.660. The average molecular weight is 374 g/mol. The number of hydrogen-bond acceptors (Lipinski definition) is 4. The molecule has 22 heavy (non-hydrogen) atoms. The number of fused-ring (bicyclic) bond motifs is 1. The van der Waals surface area contributed by atoms with Crippen molar-refractivity contribution in [1.82, 2.24) is 4.90 Å². The topological polar surface area (TPSA) is 80.7 Å². The van der Waals surface area contributed by atoms with Gasteiger partial charge < -0.3 is 19.9 Å². The zero-order valence-corrected chi connectivity index (χ0v) is 15.8. The summed E-state index contributed by atoms with van der Waals surface area (Å²) >= 11 is 3.35. The van der Waals surface area contributed by atoms with E-state index in [1.165, 1.54) is 4.90 Å². The molecule has 1 N–H and O–H groups in total. The fraction of sp³-hybridized carbons (Fsp3) is 0.333. The largest absolute Gasteiger partial charge is 1.00 e. The van der Waals surface area contributed by atoms with Crippen molar-refractivity contribution in [3.8, 4) is 0 Å². The second-order valence-electron chi connectivity index (χ2n) is 5.37. The Balaban J connectivity index is 0.00000176. The number of benzene rings is 1. The fourth-order valence-corrected chi connectivity index (χ4v) is 3.59. The first-order valence-electron chi connectivity index (χ1n) is 6.63. The van der Waals surface area contributed by atoms with Crippen LogP contribution in [0, 0.1) is 5.92 Å². The minimum absolute atomic E-state index is 0. The molecule has 3 rings (SSSR count). The van der Waals surface area contributed by atoms with E-state index < -0.39 is 18.0 Å². The second-order valence-corrected chi connectivity index (χ2v) is 6.29. The predicted octanol–water partition coefficient (Wildman–Crippen LogP) is -2.47. The first-order valence-corrected chi connectivity index (χ1v) is 7.42. The molecule has 0 aliphatic carbocycles. The molecule has 110 valence electrons. The third-order valence-corrected chi connectivity index (χ3v) is 4.59. The van der Waals surface area contributed by atoms with Gasteiger partial charge in [-0.05, 0) is 36.6 Å². The number of rotatable bonds is 3. The Morgan fingerprint density at radius 3 is 2.73 bits per heavy atom. The molecular formula is C15H13BrNNaO4. The summed E-state index contributed by atoms with van der Waals surface area (Å²) in [5.74, 6) is -2.24. The number of nitrogens with zero attached hydrogens (tertiary/aromatic N) is 1. The molecule has 1 saturated heterocycles. The first kappa shape index (κ1) is 17.7. The Labute approximate surface area is 158 Å². The van der Waals surface area contributed by atoms with Crippen molar-refractivity contribution in [3.05, 3.63) is 40.0 Å². The number of aliphatic hydroxyl groups excluding tert-OH is 1. The molecule has 2 aliphatic heterocycles. The van der Waals surface area contributed by atoms with E-state index in [1.54, 1.807) is 13.0 Å². The van der Waals surface area contributed by atoms with Crippen molar-refractivity contribution < 1.29 is 49.4 Å². The van der Waals surface area contributed by atoms with Crippen LogP contribution in [0.15, 0.2) is 34.4 Å². The molecule has 7 heteroatoms. The molecule has 0 spiro atoms. The Bertz CT molecular complexity index is 673. The van der Waals surface area contributed by atoms with Gasteiger partial charge >= 0.3 is 29.6 Å². The normalized spacial score (nSPS) is 24.5. The van der Waals surface area contributed by atoms with Crippen molar-refractivity contribution >= 4 is 33.4 Å². The van der Waals surface area contributed by atoms with Crippen molar-refractivity contribution in [3.63, 3.8) is 0 Å². The van der Waals surface area contributed by atoms with E-state index in [9.17, 15) is 19.8 Å². The third kappa shape index (κ3) is 2.67. The molecule has 0 radical (unpaired) electrons. The zero-order valence-electron chi connectivity index (χ0n) is 12.2. The summed E-state index contributed by atoms with van der Waals surface area (Å²) in [4.78, 5) is 24.8. The number of carbonyl (C=O) groups excluding carboxylic acids is 2. The van der Waals surface area contributed by atoms with Crippen molar-refractivity contribution in [2.75, 3.05) is 0 Å². The quantitative estimate of drug-likeness (QED) is 0.470. The molecule has 5 nitrogen and oxygen atoms in total. The predicted molar refractivity (Wildman–Crippen MR) is 76.5 cm³/mol. The molecule has 0 saturated carbocycles. The van der Waals surface area contributed by atoms with E-state index in [1.807, 2.05) is 18.2 Å². The van der Waals surface area contributed by atoms with Gasteiger partial charge in [-0.15, -0.1) is 0 Å². The van der Waals surface area contributed by atoms with Gasteiger partial charge in [-0.3, -0.25) is 4.79 Å². The number of amides is 1. The van der Waals surface area contributed by atoms with Crippen LogP contribution in [0.4, 0.5) is 0 Å². The van der Waals surface area contributed by atoms with Gasteiger partial charge in [-0.2, -0.15) is 0 Å². The minimum atomic E-state index is -1.36. The molecule has 2 heterocycles. The Kier molecular flexibility index (Phi) is 5.19. The molecule has 0 unspecified atom stereocenters. The number of carbonyl (C=O) groups is 2. The minimum Gasteiger partial charge on any atom is -0.543 e. The molecule has 1 aromatic carbocycles. The van der Waals surface area contributed by atoms with E-state index >= 15 is 0 Å². The van der Waals surface area contributed by atoms with Crippen LogP contribution in [0.5, 0.6) is 0 Å². The fourth-order valence-electron chi connectivity index (χ4n) is 3.19. The van der Waals surface area contributed by atoms with Gasteiger partial charge in [-0.25, -0.2) is 0 Å². The van der Waals surface area contributed by atoms with Gasteiger partial charge in [0.05, 0.1) is 29.7 Å². The van der Waals surface area contributed by atoms with Gasteiger partial charge in [-0.1, -0.05) is 28.1 Å². The van der Waals surface area contributed by atoms with Gasteiger partial charge in [0.2, 0.25) is 5.91 Å². The maximum Gasteiger partial charge on any atom is 1.00 e. The van der Waals surface area contributed by atoms with E-state index in [0.717, 1.165) is 10.0 Å². The Morgan fingerprint density at radius 2 is 2.18 bits per heavy atom. The van der Waals surface area contributed by atoms with Crippen LogP contribution in [-0.4, -0.2) is 34.0 Å². The molecule has 1 fully saturated rings. The summed E-state index contributed by atoms with van der Waals surface area (Å²) in [6.07, 6.45) is -0.371. The van der Waals surface area contributed by atoms with E-state index in [-0.39, 0.29) is 47.2 Å². The van der Waals surface area contributed by atoms with Gasteiger partial charge in [0.25, 0.3) is 0 Å². The molecular weight excluding hydrogens is 361 g/mol. The standard InChI is InChI=1S/C15H14BrNO4.Na/c1-7(18)12-11-6-10(8-3-2-4-9(16)5-8)13(15(20)21)17(11)14(12)19;/h2-5,7,11-12,18H,6H2,1H3,(H,20,21);/q;+1/p-1/t7-,11-,12-;/m1./s1. The number of aliphatic hydroxyl groups is 1. The van der Waals surface area contributed by atoms with Crippen molar-refractivity contribution in [1.29, 1.82) is 0 Å². The SMILES string of the molecule is C[C@@H](O)[C@H]1C(=O)N2C(C(=O)[O-])=C(c3cccc(Br)c3)C[C@H]12.[Na+]. The summed E-state index contributed by atoms with van der Waals surface area (Å²) in [5, 5.41) is 21.1. The van der Waals surface area contributed by atoms with Crippen LogP contribution in [0.1, 0.15) is 18.9 Å². The van der Waals surface area contributed by atoms with Crippen LogP contribution in [0.2, 0.25) is 0 Å². The van der Waals surface area contributed by atoms with Crippen LogP contribution < -0.4 is 34.7 Å². The molecule has 3 atom stereocenters. The van der Waals surface area contributed by atoms with E-state index in [4.69, 9.17) is 0 Å². The molecule has 1 aromatic rings. The van der Waals surface area contributed by atoms with Gasteiger partial charge in [0, 0.05) is 4.47 Å². The molecule has 0 aromatic heterocycles. The number of aliphatic carboxylic acids is 1. The number of hydrogen-bond donors (Lipinski definition) is 1. The third-order valence-electron chi connectivity index (χ3n) is 4.09. The zero-order chi connectivity index (χ0) is 15.3. The van der Waals surface area contributed by atoms with E-state index in [2.05, 4.69) is 15.9 Å². The van der Waals surface area contributed by atoms with Gasteiger partial charge in [0.15, 0.2) is 0 Å². The monoisotopic (exact) mass is 373 g/mol. The summed E-state index contributed by atoms with van der Waals surface area (Å²) < 4.78 is 0.831. The van der Waals surface area contributed by atoms with Crippen LogP contribution >= 0.6 is 15.9 Å². The van der Waals surface area contributed by atoms with E-state index in [0.29, 0.717) is 12.0 Å². The van der Waals surface area contributed by atoms with Crippen molar-refractivity contribution in [2.24, 2.45) is 5.92 Å². The maximum absolute atomic E-state index is 12.1. The summed E-state index contributed by atoms with van der Waals surface area (Å²) in [6.45, 7) is 1.55.